The molecule has 0 bridgehead atoms. The van der Waals surface area contributed by atoms with Crippen LogP contribution >= 0.6 is 0 Å². The molecule has 1 N–H and O–H groups in total. The summed E-state index contributed by atoms with van der Waals surface area (Å²) in [5.74, 6) is 1.78. The summed E-state index contributed by atoms with van der Waals surface area (Å²) in [6.07, 6.45) is 0. The highest BCUT2D eigenvalue weighted by atomic mass is 16.5. The highest BCUT2D eigenvalue weighted by molar-refractivity contribution is 5.91. The Labute approximate surface area is 137 Å². The first kappa shape index (κ1) is 16.9. The highest BCUT2D eigenvalue weighted by Crippen LogP contribution is 2.17. The van der Waals surface area contributed by atoms with E-state index in [0.717, 1.165) is 17.0 Å². The van der Waals surface area contributed by atoms with E-state index >= 15 is 0 Å². The van der Waals surface area contributed by atoms with Gasteiger partial charge in [0.25, 0.3) is 5.91 Å². The fourth-order valence-electron chi connectivity index (χ4n) is 1.95. The number of aryl methyl sites for hydroxylation is 1. The minimum Gasteiger partial charge on any atom is -0.493 e. The molecule has 2 rings (SSSR count). The zero-order valence-electron chi connectivity index (χ0n) is 13.8. The van der Waals surface area contributed by atoms with E-state index in [0.29, 0.717) is 18.3 Å². The standard InChI is InChI=1S/C19H23NO3/c1-14(2)12-22-17-9-7-16(8-10-17)20-19(21)13-23-18-6-4-5-15(3)11-18/h4-11,14H,12-13H2,1-3H3,(H,20,21). The number of carbonyl (C=O) groups excluding carboxylic acids is 1. The lowest BCUT2D eigenvalue weighted by molar-refractivity contribution is -0.118. The molecule has 0 aromatic heterocycles. The van der Waals surface area contributed by atoms with E-state index < -0.39 is 0 Å². The summed E-state index contributed by atoms with van der Waals surface area (Å²) in [6.45, 7) is 6.84. The number of hydrogen-bond donors (Lipinski definition) is 1. The molecule has 0 atom stereocenters. The van der Waals surface area contributed by atoms with E-state index in [4.69, 9.17) is 9.47 Å². The van der Waals surface area contributed by atoms with Crippen molar-refractivity contribution in [2.75, 3.05) is 18.5 Å². The van der Waals surface area contributed by atoms with Gasteiger partial charge in [0.1, 0.15) is 11.5 Å². The topological polar surface area (TPSA) is 47.6 Å². The van der Waals surface area contributed by atoms with Gasteiger partial charge in [-0.25, -0.2) is 0 Å². The molecule has 4 heteroatoms. The lowest BCUT2D eigenvalue weighted by Crippen LogP contribution is -2.20. The van der Waals surface area contributed by atoms with Crippen molar-refractivity contribution in [1.29, 1.82) is 0 Å². The molecule has 2 aromatic carbocycles. The average molecular weight is 313 g/mol. The Bertz CT molecular complexity index is 635. The number of rotatable bonds is 7. The molecule has 0 spiro atoms. The highest BCUT2D eigenvalue weighted by Gasteiger charge is 2.04. The monoisotopic (exact) mass is 313 g/mol. The molecule has 0 saturated heterocycles. The second-order valence-electron chi connectivity index (χ2n) is 5.88. The van der Waals surface area contributed by atoms with Crippen LogP contribution in [-0.4, -0.2) is 19.1 Å². The van der Waals surface area contributed by atoms with Crippen LogP contribution in [0.5, 0.6) is 11.5 Å². The van der Waals surface area contributed by atoms with Crippen molar-refractivity contribution in [1.82, 2.24) is 0 Å². The minimum atomic E-state index is -0.192. The van der Waals surface area contributed by atoms with Crippen LogP contribution in [0.2, 0.25) is 0 Å². The summed E-state index contributed by atoms with van der Waals surface area (Å²) in [4.78, 5) is 11.9. The van der Waals surface area contributed by atoms with Crippen LogP contribution in [0.15, 0.2) is 48.5 Å². The van der Waals surface area contributed by atoms with Crippen molar-refractivity contribution in [3.8, 4) is 11.5 Å². The van der Waals surface area contributed by atoms with Crippen molar-refractivity contribution in [2.45, 2.75) is 20.8 Å². The van der Waals surface area contributed by atoms with Crippen molar-refractivity contribution in [3.63, 3.8) is 0 Å². The van der Waals surface area contributed by atoms with E-state index in [1.54, 1.807) is 0 Å². The number of carbonyl (C=O) groups is 1. The normalized spacial score (nSPS) is 10.4. The summed E-state index contributed by atoms with van der Waals surface area (Å²) >= 11 is 0. The van der Waals surface area contributed by atoms with Gasteiger partial charge in [-0.3, -0.25) is 4.79 Å². The first-order chi connectivity index (χ1) is 11.0. The third-order valence-electron chi connectivity index (χ3n) is 3.08. The Balaban J connectivity index is 1.80. The second-order valence-corrected chi connectivity index (χ2v) is 5.88. The van der Waals surface area contributed by atoms with Gasteiger partial charge in [0.15, 0.2) is 6.61 Å². The number of hydrogen-bond acceptors (Lipinski definition) is 3. The smallest absolute Gasteiger partial charge is 0.262 e. The van der Waals surface area contributed by atoms with Crippen LogP contribution in [-0.2, 0) is 4.79 Å². The summed E-state index contributed by atoms with van der Waals surface area (Å²) in [6, 6.07) is 14.9. The Kier molecular flexibility index (Phi) is 6.03. The predicted octanol–water partition coefficient (Wildman–Crippen LogP) is 4.05. The molecule has 4 nitrogen and oxygen atoms in total. The molecule has 0 radical (unpaired) electrons. The van der Waals surface area contributed by atoms with Gasteiger partial charge in [-0.15, -0.1) is 0 Å². The molecule has 2 aromatic rings. The van der Waals surface area contributed by atoms with Gasteiger partial charge in [0.2, 0.25) is 0 Å². The Morgan fingerprint density at radius 3 is 2.43 bits per heavy atom. The van der Waals surface area contributed by atoms with Gasteiger partial charge >= 0.3 is 0 Å². The molecule has 0 aliphatic heterocycles. The number of nitrogens with one attached hydrogen (secondary N) is 1. The van der Waals surface area contributed by atoms with Crippen molar-refractivity contribution < 1.29 is 14.3 Å². The molecular weight excluding hydrogens is 290 g/mol. The zero-order valence-corrected chi connectivity index (χ0v) is 13.8. The van der Waals surface area contributed by atoms with E-state index in [-0.39, 0.29) is 12.5 Å². The molecule has 0 unspecified atom stereocenters. The third-order valence-corrected chi connectivity index (χ3v) is 3.08. The molecule has 0 fully saturated rings. The largest absolute Gasteiger partial charge is 0.493 e. The van der Waals surface area contributed by atoms with E-state index in [1.165, 1.54) is 0 Å². The molecule has 0 saturated carbocycles. The van der Waals surface area contributed by atoms with Gasteiger partial charge < -0.3 is 14.8 Å². The maximum absolute atomic E-state index is 11.9. The van der Waals surface area contributed by atoms with Crippen molar-refractivity contribution >= 4 is 11.6 Å². The molecule has 0 aliphatic carbocycles. The summed E-state index contributed by atoms with van der Waals surface area (Å²) in [5.41, 5.74) is 1.82. The Morgan fingerprint density at radius 2 is 1.78 bits per heavy atom. The van der Waals surface area contributed by atoms with Gasteiger partial charge in [-0.2, -0.15) is 0 Å². The SMILES string of the molecule is Cc1cccc(OCC(=O)Nc2ccc(OCC(C)C)cc2)c1. The minimum absolute atomic E-state index is 0.0188. The van der Waals surface area contributed by atoms with Crippen LogP contribution < -0.4 is 14.8 Å². The fourth-order valence-corrected chi connectivity index (χ4v) is 1.95. The summed E-state index contributed by atoms with van der Waals surface area (Å²) < 4.78 is 11.1. The quantitative estimate of drug-likeness (QED) is 0.839. The van der Waals surface area contributed by atoms with Crippen LogP contribution in [0.25, 0.3) is 0 Å². The summed E-state index contributed by atoms with van der Waals surface area (Å²) in [7, 11) is 0. The third kappa shape index (κ3) is 6.02. The van der Waals surface area contributed by atoms with E-state index in [1.807, 2.05) is 55.5 Å². The molecule has 122 valence electrons. The lowest BCUT2D eigenvalue weighted by Gasteiger charge is -2.10. The van der Waals surface area contributed by atoms with Gasteiger partial charge in [0, 0.05) is 5.69 Å². The lowest BCUT2D eigenvalue weighted by atomic mass is 10.2. The van der Waals surface area contributed by atoms with Crippen LogP contribution in [0.4, 0.5) is 5.69 Å². The molecular formula is C19H23NO3. The van der Waals surface area contributed by atoms with Crippen LogP contribution in [0.1, 0.15) is 19.4 Å². The van der Waals surface area contributed by atoms with Crippen molar-refractivity contribution in [2.24, 2.45) is 5.92 Å². The Hall–Kier alpha value is -2.49. The summed E-state index contributed by atoms with van der Waals surface area (Å²) in [5, 5.41) is 2.80. The average Bonchev–Trinajstić information content (AvgIpc) is 2.52. The number of ether oxygens (including phenoxy) is 2. The Morgan fingerprint density at radius 1 is 1.04 bits per heavy atom. The molecule has 0 heterocycles. The molecule has 0 aliphatic rings. The number of benzene rings is 2. The van der Waals surface area contributed by atoms with Crippen molar-refractivity contribution in [3.05, 3.63) is 54.1 Å². The second kappa shape index (κ2) is 8.22. The zero-order chi connectivity index (χ0) is 16.7. The predicted molar refractivity (Wildman–Crippen MR) is 92.1 cm³/mol. The van der Waals surface area contributed by atoms with Gasteiger partial charge in [-0.05, 0) is 54.8 Å². The van der Waals surface area contributed by atoms with E-state index in [9.17, 15) is 4.79 Å². The van der Waals surface area contributed by atoms with E-state index in [2.05, 4.69) is 19.2 Å². The number of anilines is 1. The maximum Gasteiger partial charge on any atom is 0.262 e. The first-order valence-electron chi connectivity index (χ1n) is 7.75. The number of amides is 1. The molecule has 23 heavy (non-hydrogen) atoms. The van der Waals surface area contributed by atoms with Gasteiger partial charge in [0.05, 0.1) is 6.61 Å². The van der Waals surface area contributed by atoms with Crippen LogP contribution in [0, 0.1) is 12.8 Å². The van der Waals surface area contributed by atoms with Gasteiger partial charge in [-0.1, -0.05) is 26.0 Å². The fraction of sp³-hybridized carbons (Fsp3) is 0.316. The maximum atomic E-state index is 11.9. The first-order valence-corrected chi connectivity index (χ1v) is 7.75. The van der Waals surface area contributed by atoms with Crippen LogP contribution in [0.3, 0.4) is 0 Å². The molecule has 1 amide bonds.